The fraction of sp³-hybridized carbons (Fsp3) is 0.364. The number of esters is 1. The summed E-state index contributed by atoms with van der Waals surface area (Å²) >= 11 is 0. The molecule has 1 N–H and O–H groups in total. The van der Waals surface area contributed by atoms with Crippen molar-refractivity contribution in [2.45, 2.75) is 83.6 Å². The van der Waals surface area contributed by atoms with Gasteiger partial charge in [0, 0.05) is 31.9 Å². The zero-order valence-corrected chi connectivity index (χ0v) is 40.1. The number of benzene rings is 5. The molecule has 2 amide bonds. The van der Waals surface area contributed by atoms with E-state index in [1.54, 1.807) is 30.3 Å². The van der Waals surface area contributed by atoms with E-state index in [9.17, 15) is 24.0 Å². The molecule has 1 aliphatic heterocycles. The number of ether oxygens (including phenoxy) is 8. The van der Waals surface area contributed by atoms with Crippen LogP contribution in [-0.2, 0) is 32.2 Å². The van der Waals surface area contributed by atoms with Crippen molar-refractivity contribution in [3.63, 3.8) is 0 Å². The Bertz CT molecular complexity index is 2470. The van der Waals surface area contributed by atoms with E-state index >= 15 is 0 Å². The highest BCUT2D eigenvalue weighted by Gasteiger charge is 2.40. The molecule has 1 aliphatic rings. The quantitative estimate of drug-likeness (QED) is 0.0165. The first-order valence-corrected chi connectivity index (χ1v) is 23.6. The number of likely N-dealkylation sites (tertiary alicyclic amines) is 1. The summed E-state index contributed by atoms with van der Waals surface area (Å²) in [4.78, 5) is 70.2. The third-order valence-corrected chi connectivity index (χ3v) is 11.5. The minimum atomic E-state index is -1.06. The highest BCUT2D eigenvalue weighted by Crippen LogP contribution is 2.37. The van der Waals surface area contributed by atoms with Crippen LogP contribution in [0.5, 0.6) is 23.0 Å². The molecule has 1 fully saturated rings. The molecule has 1 heterocycles. The van der Waals surface area contributed by atoms with Gasteiger partial charge in [0.1, 0.15) is 47.9 Å². The van der Waals surface area contributed by atoms with Crippen LogP contribution in [0.4, 0.5) is 4.79 Å². The maximum atomic E-state index is 14.8. The highest BCUT2D eigenvalue weighted by molar-refractivity contribution is 6.17. The number of unbranched alkanes of at least 4 members (excludes halogenated alkanes) is 7. The molecule has 15 nitrogen and oxygen atoms in total. The smallest absolute Gasteiger partial charge is 0.410 e. The van der Waals surface area contributed by atoms with Crippen molar-refractivity contribution < 1.29 is 61.9 Å². The van der Waals surface area contributed by atoms with E-state index in [-0.39, 0.29) is 79.4 Å². The van der Waals surface area contributed by atoms with Crippen molar-refractivity contribution in [3.8, 4) is 23.0 Å². The van der Waals surface area contributed by atoms with Crippen LogP contribution in [0, 0.1) is 0 Å². The summed E-state index contributed by atoms with van der Waals surface area (Å²) in [6.45, 7) is 2.04. The lowest BCUT2D eigenvalue weighted by molar-refractivity contribution is 0.0257. The summed E-state index contributed by atoms with van der Waals surface area (Å²) in [7, 11) is 2.83. The van der Waals surface area contributed by atoms with Gasteiger partial charge in [0.15, 0.2) is 19.9 Å². The Morgan fingerprint density at radius 3 is 1.89 bits per heavy atom. The monoisotopic (exact) mass is 958 g/mol. The predicted octanol–water partition coefficient (Wildman–Crippen LogP) is 9.77. The van der Waals surface area contributed by atoms with Crippen LogP contribution >= 0.6 is 0 Å². The fourth-order valence-electron chi connectivity index (χ4n) is 7.85. The Balaban J connectivity index is 1.27. The van der Waals surface area contributed by atoms with Gasteiger partial charge in [-0.3, -0.25) is 14.4 Å². The molecule has 0 unspecified atom stereocenters. The van der Waals surface area contributed by atoms with Crippen molar-refractivity contribution in [2.75, 3.05) is 47.5 Å². The summed E-state index contributed by atoms with van der Waals surface area (Å²) < 4.78 is 46.1. The van der Waals surface area contributed by atoms with Gasteiger partial charge in [-0.1, -0.05) is 125 Å². The number of aldehydes is 1. The van der Waals surface area contributed by atoms with E-state index in [4.69, 9.17) is 37.9 Å². The molecule has 6 rings (SSSR count). The molecular weight excluding hydrogens is 897 g/mol. The molecule has 70 heavy (non-hydrogen) atoms. The Kier molecular flexibility index (Phi) is 20.6. The number of nitrogens with one attached hydrogen (secondary N) is 1. The van der Waals surface area contributed by atoms with Crippen LogP contribution in [0.1, 0.15) is 116 Å². The Morgan fingerprint density at radius 1 is 0.629 bits per heavy atom. The van der Waals surface area contributed by atoms with Crippen molar-refractivity contribution in [1.29, 1.82) is 0 Å². The molecule has 0 aromatic heterocycles. The average molecular weight is 959 g/mol. The lowest BCUT2D eigenvalue weighted by Gasteiger charge is -2.22. The standard InChI is InChI=1S/C55H62N2O13/c1-4-5-6-7-8-9-10-17-29-65-47-30-43(31-48(69-38-64-3)51(47)52(59)50-42(34-58)23-18-24-46(50)68-37-63-2)54(61)70-49-33-57(55(62)67-36-40-21-15-12-16-22-40)32-45(49)56-53(60)41-25-27-44(28-26-41)66-35-39-19-13-11-14-20-39/h11-16,18-28,30-31,34,45,49H,4-10,17,29,32-33,35-38H2,1-3H3,(H,56,60)/t45-,49-/m1/s1. The number of carbonyl (C=O) groups excluding carboxylic acids is 5. The first kappa shape index (κ1) is 52.1. The summed E-state index contributed by atoms with van der Waals surface area (Å²) in [6.07, 6.45) is 7.15. The molecule has 1 saturated heterocycles. The highest BCUT2D eigenvalue weighted by atomic mass is 16.7. The van der Waals surface area contributed by atoms with Gasteiger partial charge in [0.25, 0.3) is 5.91 Å². The zero-order chi connectivity index (χ0) is 49.5. The zero-order valence-electron chi connectivity index (χ0n) is 40.1. The van der Waals surface area contributed by atoms with Crippen LogP contribution in [0.2, 0.25) is 0 Å². The Hall–Kier alpha value is -7.23. The molecule has 2 atom stereocenters. The van der Waals surface area contributed by atoms with E-state index in [1.165, 1.54) is 56.2 Å². The van der Waals surface area contributed by atoms with Crippen LogP contribution in [-0.4, -0.2) is 94.6 Å². The molecule has 0 radical (unpaired) electrons. The van der Waals surface area contributed by atoms with E-state index < -0.39 is 35.9 Å². The van der Waals surface area contributed by atoms with Crippen LogP contribution in [0.25, 0.3) is 0 Å². The number of carbonyl (C=O) groups is 5. The second-order valence-electron chi connectivity index (χ2n) is 16.7. The van der Waals surface area contributed by atoms with Gasteiger partial charge in [0.05, 0.1) is 30.3 Å². The van der Waals surface area contributed by atoms with E-state index in [0.29, 0.717) is 30.6 Å². The third-order valence-electron chi connectivity index (χ3n) is 11.5. The molecule has 15 heteroatoms. The van der Waals surface area contributed by atoms with Gasteiger partial charge >= 0.3 is 12.1 Å². The molecule has 0 aliphatic carbocycles. The number of amides is 2. The number of ketones is 1. The third kappa shape index (κ3) is 15.1. The van der Waals surface area contributed by atoms with Gasteiger partial charge in [-0.2, -0.15) is 0 Å². The molecule has 370 valence electrons. The number of methoxy groups -OCH3 is 2. The van der Waals surface area contributed by atoms with Crippen LogP contribution < -0.4 is 24.3 Å². The first-order valence-electron chi connectivity index (χ1n) is 23.6. The van der Waals surface area contributed by atoms with E-state index in [1.807, 2.05) is 60.7 Å². The summed E-state index contributed by atoms with van der Waals surface area (Å²) in [5, 5.41) is 2.95. The largest absolute Gasteiger partial charge is 0.493 e. The lowest BCUT2D eigenvalue weighted by Crippen LogP contribution is -2.44. The van der Waals surface area contributed by atoms with Crippen molar-refractivity contribution in [2.24, 2.45) is 0 Å². The summed E-state index contributed by atoms with van der Waals surface area (Å²) in [5.41, 5.74) is 1.92. The maximum Gasteiger partial charge on any atom is 0.410 e. The molecule has 0 bridgehead atoms. The second-order valence-corrected chi connectivity index (χ2v) is 16.7. The molecule has 0 spiro atoms. The second kappa shape index (κ2) is 27.7. The lowest BCUT2D eigenvalue weighted by atomic mass is 9.95. The van der Waals surface area contributed by atoms with Gasteiger partial charge in [0.2, 0.25) is 5.78 Å². The molecule has 0 saturated carbocycles. The minimum absolute atomic E-state index is 0.00469. The predicted molar refractivity (Wildman–Crippen MR) is 261 cm³/mol. The van der Waals surface area contributed by atoms with Crippen molar-refractivity contribution >= 4 is 30.0 Å². The topological polar surface area (TPSA) is 174 Å². The first-order chi connectivity index (χ1) is 34.2. The van der Waals surface area contributed by atoms with E-state index in [2.05, 4.69) is 12.2 Å². The van der Waals surface area contributed by atoms with Gasteiger partial charge < -0.3 is 48.1 Å². The average Bonchev–Trinajstić information content (AvgIpc) is 3.79. The van der Waals surface area contributed by atoms with Crippen molar-refractivity contribution in [1.82, 2.24) is 10.2 Å². The summed E-state index contributed by atoms with van der Waals surface area (Å²) in [5.74, 6) is -1.46. The number of hydrogen-bond acceptors (Lipinski definition) is 13. The number of hydrogen-bond donors (Lipinski definition) is 1. The Labute approximate surface area is 409 Å². The Morgan fingerprint density at radius 2 is 1.24 bits per heavy atom. The van der Waals surface area contributed by atoms with Gasteiger partial charge in [-0.15, -0.1) is 0 Å². The van der Waals surface area contributed by atoms with Crippen molar-refractivity contribution in [3.05, 3.63) is 154 Å². The molecular formula is C55H62N2O13. The SMILES string of the molecule is CCCCCCCCCCOc1cc(C(=O)O[C@@H]2CN(C(=O)OCc3ccccc3)C[C@H]2NC(=O)c2ccc(OCc3ccccc3)cc2)cc(OCOC)c1C(=O)c1c(C=O)cccc1OCOC. The van der Waals surface area contributed by atoms with Gasteiger partial charge in [-0.05, 0) is 60.0 Å². The van der Waals surface area contributed by atoms with E-state index in [0.717, 1.165) is 43.2 Å². The maximum absolute atomic E-state index is 14.8. The minimum Gasteiger partial charge on any atom is -0.493 e. The number of nitrogens with zero attached hydrogens (tertiary/aromatic N) is 1. The molecule has 5 aromatic rings. The van der Waals surface area contributed by atoms with Crippen LogP contribution in [0.3, 0.4) is 0 Å². The van der Waals surface area contributed by atoms with Crippen LogP contribution in [0.15, 0.2) is 115 Å². The normalized spacial score (nSPS) is 14.1. The van der Waals surface area contributed by atoms with Gasteiger partial charge in [-0.25, -0.2) is 9.59 Å². The fourth-order valence-corrected chi connectivity index (χ4v) is 7.85. The summed E-state index contributed by atoms with van der Waals surface area (Å²) in [6, 6.07) is 31.9. The number of rotatable bonds is 28. The molecule has 5 aromatic carbocycles.